The molecule has 158 valence electrons. The molecule has 0 saturated heterocycles. The summed E-state index contributed by atoms with van der Waals surface area (Å²) in [4.78, 5) is 18.7. The molecule has 4 rings (SSSR count). The van der Waals surface area contributed by atoms with Gasteiger partial charge in [-0.1, -0.05) is 42.4 Å². The summed E-state index contributed by atoms with van der Waals surface area (Å²) in [5, 5.41) is 15.8. The van der Waals surface area contributed by atoms with Gasteiger partial charge in [-0.3, -0.25) is 4.79 Å². The van der Waals surface area contributed by atoms with E-state index in [-0.39, 0.29) is 11.7 Å². The van der Waals surface area contributed by atoms with Crippen molar-refractivity contribution in [3.63, 3.8) is 0 Å². The van der Waals surface area contributed by atoms with Crippen LogP contribution in [0.5, 0.6) is 0 Å². The summed E-state index contributed by atoms with van der Waals surface area (Å²) in [5.74, 6) is 0.138. The average Bonchev–Trinajstić information content (AvgIpc) is 3.19. The number of aryl methyl sites for hydroxylation is 3. The van der Waals surface area contributed by atoms with Crippen LogP contribution >= 0.6 is 23.1 Å². The van der Waals surface area contributed by atoms with Gasteiger partial charge in [-0.05, 0) is 67.7 Å². The lowest BCUT2D eigenvalue weighted by Gasteiger charge is -2.16. The summed E-state index contributed by atoms with van der Waals surface area (Å²) in [5.41, 5.74) is 6.90. The van der Waals surface area contributed by atoms with Crippen LogP contribution in [-0.2, 0) is 17.6 Å². The van der Waals surface area contributed by atoms with Gasteiger partial charge in [-0.15, -0.1) is 11.3 Å². The minimum absolute atomic E-state index is 0.0827. The predicted molar refractivity (Wildman–Crippen MR) is 129 cm³/mol. The van der Waals surface area contributed by atoms with Gasteiger partial charge in [0, 0.05) is 21.8 Å². The minimum atomic E-state index is -0.0827. The van der Waals surface area contributed by atoms with Gasteiger partial charge in [0.25, 0.3) is 0 Å². The molecule has 3 aromatic rings. The Hall–Kier alpha value is -2.62. The molecule has 0 spiro atoms. The molecule has 0 atom stereocenters. The van der Waals surface area contributed by atoms with Crippen molar-refractivity contribution in [2.45, 2.75) is 51.0 Å². The Morgan fingerprint density at radius 1 is 1.16 bits per heavy atom. The van der Waals surface area contributed by atoms with E-state index in [4.69, 9.17) is 4.98 Å². The summed E-state index contributed by atoms with van der Waals surface area (Å²) in [6.07, 6.45) is 5.32. The topological polar surface area (TPSA) is 65.8 Å². The number of pyridine rings is 1. The van der Waals surface area contributed by atoms with Crippen LogP contribution in [0, 0.1) is 25.2 Å². The van der Waals surface area contributed by atoms with E-state index < -0.39 is 0 Å². The highest BCUT2D eigenvalue weighted by Crippen LogP contribution is 2.39. The standard InChI is InChI=1S/C25H25N3OS2/c1-16-8-6-9-17(2)24(16)28-22(29)15-31-25-19(14-26)23(21-12-7-13-30-21)18-10-4-3-5-11-20(18)27-25/h6-9,12-13H,3-5,10-11,15H2,1-2H3,(H,28,29). The number of benzene rings is 1. The number of para-hydroxylation sites is 1. The third kappa shape index (κ3) is 4.68. The van der Waals surface area contributed by atoms with E-state index in [1.54, 1.807) is 11.3 Å². The van der Waals surface area contributed by atoms with Crippen molar-refractivity contribution in [2.75, 3.05) is 11.1 Å². The highest BCUT2D eigenvalue weighted by atomic mass is 32.2. The van der Waals surface area contributed by atoms with E-state index in [1.165, 1.54) is 23.7 Å². The first kappa shape index (κ1) is 21.6. The first-order chi connectivity index (χ1) is 15.1. The van der Waals surface area contributed by atoms with Gasteiger partial charge in [0.05, 0.1) is 11.3 Å². The Morgan fingerprint density at radius 2 is 1.94 bits per heavy atom. The Labute approximate surface area is 191 Å². The molecule has 4 nitrogen and oxygen atoms in total. The molecule has 2 heterocycles. The molecule has 0 aliphatic heterocycles. The third-order valence-electron chi connectivity index (χ3n) is 5.66. The van der Waals surface area contributed by atoms with Crippen molar-refractivity contribution in [3.8, 4) is 16.5 Å². The van der Waals surface area contributed by atoms with Gasteiger partial charge < -0.3 is 5.32 Å². The molecular formula is C25H25N3OS2. The molecule has 0 fully saturated rings. The van der Waals surface area contributed by atoms with Crippen molar-refractivity contribution in [1.29, 1.82) is 5.26 Å². The van der Waals surface area contributed by atoms with Gasteiger partial charge in [0.2, 0.25) is 5.91 Å². The van der Waals surface area contributed by atoms with E-state index in [1.807, 2.05) is 43.5 Å². The van der Waals surface area contributed by atoms with Crippen molar-refractivity contribution < 1.29 is 4.79 Å². The number of hydrogen-bond donors (Lipinski definition) is 1. The summed E-state index contributed by atoms with van der Waals surface area (Å²) >= 11 is 3.02. The molecule has 0 radical (unpaired) electrons. The largest absolute Gasteiger partial charge is 0.325 e. The van der Waals surface area contributed by atoms with Crippen molar-refractivity contribution in [2.24, 2.45) is 0 Å². The second kappa shape index (κ2) is 9.67. The van der Waals surface area contributed by atoms with Crippen LogP contribution in [0.15, 0.2) is 40.7 Å². The molecule has 31 heavy (non-hydrogen) atoms. The number of rotatable bonds is 5. The molecule has 1 N–H and O–H groups in total. The fourth-order valence-corrected chi connectivity index (χ4v) is 5.73. The van der Waals surface area contributed by atoms with Crippen LogP contribution in [0.3, 0.4) is 0 Å². The molecule has 1 aliphatic carbocycles. The van der Waals surface area contributed by atoms with Crippen LogP contribution in [0.25, 0.3) is 10.4 Å². The second-order valence-corrected chi connectivity index (χ2v) is 9.76. The summed E-state index contributed by atoms with van der Waals surface area (Å²) in [6, 6.07) is 12.5. The number of thioether (sulfide) groups is 1. The van der Waals surface area contributed by atoms with Crippen LogP contribution in [0.2, 0.25) is 0 Å². The van der Waals surface area contributed by atoms with E-state index in [0.29, 0.717) is 10.6 Å². The van der Waals surface area contributed by atoms with Crippen molar-refractivity contribution in [3.05, 3.63) is 63.7 Å². The van der Waals surface area contributed by atoms with Gasteiger partial charge in [0.1, 0.15) is 11.1 Å². The fraction of sp³-hybridized carbons (Fsp3) is 0.320. The van der Waals surface area contributed by atoms with Gasteiger partial charge in [0.15, 0.2) is 0 Å². The lowest BCUT2D eigenvalue weighted by Crippen LogP contribution is -2.16. The number of nitrogens with zero attached hydrogens (tertiary/aromatic N) is 2. The highest BCUT2D eigenvalue weighted by molar-refractivity contribution is 8.00. The second-order valence-electron chi connectivity index (χ2n) is 7.85. The molecule has 1 aliphatic rings. The van der Waals surface area contributed by atoms with Crippen LogP contribution in [0.1, 0.15) is 47.2 Å². The third-order valence-corrected chi connectivity index (χ3v) is 7.52. The number of carbonyl (C=O) groups is 1. The molecular weight excluding hydrogens is 422 g/mol. The van der Waals surface area contributed by atoms with Crippen LogP contribution < -0.4 is 5.32 Å². The number of amides is 1. The maximum Gasteiger partial charge on any atom is 0.234 e. The van der Waals surface area contributed by atoms with E-state index in [0.717, 1.165) is 58.6 Å². The zero-order valence-corrected chi connectivity index (χ0v) is 19.5. The monoisotopic (exact) mass is 447 g/mol. The summed E-state index contributed by atoms with van der Waals surface area (Å²) in [6.45, 7) is 3.98. The summed E-state index contributed by atoms with van der Waals surface area (Å²) < 4.78 is 0. The number of nitriles is 1. The number of anilines is 1. The Bertz CT molecular complexity index is 1130. The Morgan fingerprint density at radius 3 is 2.65 bits per heavy atom. The molecule has 6 heteroatoms. The zero-order valence-electron chi connectivity index (χ0n) is 17.8. The molecule has 1 aromatic carbocycles. The summed E-state index contributed by atoms with van der Waals surface area (Å²) in [7, 11) is 0. The molecule has 0 unspecified atom stereocenters. The smallest absolute Gasteiger partial charge is 0.234 e. The van der Waals surface area contributed by atoms with Crippen molar-refractivity contribution >= 4 is 34.7 Å². The normalized spacial score (nSPS) is 13.2. The quantitative estimate of drug-likeness (QED) is 0.368. The van der Waals surface area contributed by atoms with Gasteiger partial charge >= 0.3 is 0 Å². The minimum Gasteiger partial charge on any atom is -0.325 e. The van der Waals surface area contributed by atoms with E-state index in [2.05, 4.69) is 17.5 Å². The zero-order chi connectivity index (χ0) is 21.8. The molecule has 2 aromatic heterocycles. The maximum atomic E-state index is 12.7. The lowest BCUT2D eigenvalue weighted by molar-refractivity contribution is -0.113. The first-order valence-corrected chi connectivity index (χ1v) is 12.4. The Kier molecular flexibility index (Phi) is 6.74. The van der Waals surface area contributed by atoms with Crippen LogP contribution in [0.4, 0.5) is 5.69 Å². The first-order valence-electron chi connectivity index (χ1n) is 10.6. The average molecular weight is 448 g/mol. The van der Waals surface area contributed by atoms with E-state index >= 15 is 0 Å². The van der Waals surface area contributed by atoms with Gasteiger partial charge in [-0.25, -0.2) is 4.98 Å². The van der Waals surface area contributed by atoms with Gasteiger partial charge in [-0.2, -0.15) is 5.26 Å². The number of hydrogen-bond acceptors (Lipinski definition) is 5. The van der Waals surface area contributed by atoms with Crippen LogP contribution in [-0.4, -0.2) is 16.6 Å². The number of fused-ring (bicyclic) bond motifs is 1. The molecule has 0 bridgehead atoms. The predicted octanol–water partition coefficient (Wildman–Crippen LogP) is 6.30. The highest BCUT2D eigenvalue weighted by Gasteiger charge is 2.23. The lowest BCUT2D eigenvalue weighted by atomic mass is 9.97. The fourth-order valence-electron chi connectivity index (χ4n) is 4.12. The molecule has 0 saturated carbocycles. The Balaban J connectivity index is 1.64. The SMILES string of the molecule is Cc1cccc(C)c1NC(=O)CSc1nc2c(c(-c3cccs3)c1C#N)CCCCC2. The number of aromatic nitrogens is 1. The molecule has 1 amide bonds. The number of nitrogens with one attached hydrogen (secondary N) is 1. The number of thiophene rings is 1. The van der Waals surface area contributed by atoms with E-state index in [9.17, 15) is 10.1 Å². The number of carbonyl (C=O) groups excluding carboxylic acids is 1. The van der Waals surface area contributed by atoms with Crippen molar-refractivity contribution in [1.82, 2.24) is 4.98 Å². The maximum absolute atomic E-state index is 12.7.